The number of ether oxygens (including phenoxy) is 1. The van der Waals surface area contributed by atoms with Crippen molar-refractivity contribution in [2.75, 3.05) is 5.32 Å². The van der Waals surface area contributed by atoms with Crippen LogP contribution in [0.4, 0.5) is 5.82 Å². The van der Waals surface area contributed by atoms with Crippen LogP contribution in [0.3, 0.4) is 0 Å². The zero-order valence-electron chi connectivity index (χ0n) is 14.7. The van der Waals surface area contributed by atoms with E-state index in [4.69, 9.17) is 4.74 Å². The molecule has 138 valence electrons. The first kappa shape index (κ1) is 17.7. The molecule has 3 aromatic rings. The van der Waals surface area contributed by atoms with Gasteiger partial charge in [-0.1, -0.05) is 22.0 Å². The maximum atomic E-state index is 12.9. The van der Waals surface area contributed by atoms with E-state index in [0.29, 0.717) is 28.6 Å². The number of pyridine rings is 1. The highest BCUT2D eigenvalue weighted by molar-refractivity contribution is 9.10. The fraction of sp³-hybridized carbons (Fsp3) is 0.263. The van der Waals surface area contributed by atoms with Gasteiger partial charge in [-0.2, -0.15) is 0 Å². The molecule has 8 heteroatoms. The lowest BCUT2D eigenvalue weighted by Gasteiger charge is -2.18. The molecule has 0 radical (unpaired) electrons. The van der Waals surface area contributed by atoms with E-state index >= 15 is 0 Å². The maximum absolute atomic E-state index is 12.9. The maximum Gasteiger partial charge on any atom is 0.260 e. The average molecular weight is 428 g/mol. The molecule has 1 N–H and O–H groups in total. The van der Waals surface area contributed by atoms with Gasteiger partial charge in [0.15, 0.2) is 5.82 Å². The second kappa shape index (κ2) is 7.48. The minimum Gasteiger partial charge on any atom is -0.490 e. The van der Waals surface area contributed by atoms with Crippen LogP contribution in [0.15, 0.2) is 47.2 Å². The number of halogens is 1. The molecule has 0 saturated carbocycles. The highest BCUT2D eigenvalue weighted by atomic mass is 79.9. The predicted molar refractivity (Wildman–Crippen MR) is 105 cm³/mol. The van der Waals surface area contributed by atoms with Crippen molar-refractivity contribution in [2.24, 2.45) is 0 Å². The molecule has 0 spiro atoms. The Bertz CT molecular complexity index is 988. The van der Waals surface area contributed by atoms with E-state index in [1.165, 1.54) is 0 Å². The molecule has 2 bridgehead atoms. The SMILES string of the molecule is C[C@H]1CCCn2cnnc2-c2cccc(n2)NC(=O)c2cc(Br)ccc2O1. The van der Waals surface area contributed by atoms with Crippen molar-refractivity contribution in [3.05, 3.63) is 52.8 Å². The topological polar surface area (TPSA) is 81.9 Å². The molecule has 27 heavy (non-hydrogen) atoms. The van der Waals surface area contributed by atoms with Gasteiger partial charge >= 0.3 is 0 Å². The van der Waals surface area contributed by atoms with Gasteiger partial charge in [0.25, 0.3) is 5.91 Å². The predicted octanol–water partition coefficient (Wildman–Crippen LogP) is 3.92. The van der Waals surface area contributed by atoms with Gasteiger partial charge in [-0.3, -0.25) is 4.79 Å². The first-order valence-corrected chi connectivity index (χ1v) is 9.52. The van der Waals surface area contributed by atoms with Crippen molar-refractivity contribution >= 4 is 27.7 Å². The number of anilines is 1. The van der Waals surface area contributed by atoms with Crippen LogP contribution in [0.5, 0.6) is 5.75 Å². The third kappa shape index (κ3) is 3.85. The molecule has 2 aromatic heterocycles. The van der Waals surface area contributed by atoms with Crippen molar-refractivity contribution < 1.29 is 9.53 Å². The van der Waals surface area contributed by atoms with Crippen LogP contribution in [-0.4, -0.2) is 31.8 Å². The number of nitrogens with one attached hydrogen (secondary N) is 1. The van der Waals surface area contributed by atoms with E-state index in [2.05, 4.69) is 36.4 Å². The molecule has 1 amide bonds. The number of benzene rings is 1. The van der Waals surface area contributed by atoms with Crippen molar-refractivity contribution in [1.29, 1.82) is 0 Å². The summed E-state index contributed by atoms with van der Waals surface area (Å²) in [7, 11) is 0. The van der Waals surface area contributed by atoms with E-state index in [0.717, 1.165) is 23.9 Å². The van der Waals surface area contributed by atoms with Gasteiger partial charge in [0.05, 0.1) is 11.7 Å². The molecule has 1 aliphatic heterocycles. The molecular formula is C19H18BrN5O2. The molecule has 7 nitrogen and oxygen atoms in total. The summed E-state index contributed by atoms with van der Waals surface area (Å²) in [5.74, 6) is 1.41. The number of aromatic nitrogens is 4. The number of fused-ring (bicyclic) bond motifs is 5. The molecule has 0 unspecified atom stereocenters. The number of carbonyl (C=O) groups excluding carboxylic acids is 1. The molecule has 1 atom stereocenters. The van der Waals surface area contributed by atoms with Crippen LogP contribution in [0.25, 0.3) is 11.5 Å². The Hall–Kier alpha value is -2.74. The quantitative estimate of drug-likeness (QED) is 0.587. The second-order valence-electron chi connectivity index (χ2n) is 6.42. The summed E-state index contributed by atoms with van der Waals surface area (Å²) < 4.78 is 8.83. The summed E-state index contributed by atoms with van der Waals surface area (Å²) in [5.41, 5.74) is 1.13. The average Bonchev–Trinajstić information content (AvgIpc) is 3.11. The Morgan fingerprint density at radius 1 is 1.30 bits per heavy atom. The van der Waals surface area contributed by atoms with E-state index in [1.807, 2.05) is 35.8 Å². The van der Waals surface area contributed by atoms with Crippen LogP contribution in [0.2, 0.25) is 0 Å². The van der Waals surface area contributed by atoms with E-state index in [9.17, 15) is 4.79 Å². The van der Waals surface area contributed by atoms with Gasteiger partial charge in [0.2, 0.25) is 0 Å². The number of hydrogen-bond acceptors (Lipinski definition) is 5. The molecule has 4 rings (SSSR count). The van der Waals surface area contributed by atoms with Crippen LogP contribution < -0.4 is 10.1 Å². The fourth-order valence-electron chi connectivity index (χ4n) is 3.04. The van der Waals surface area contributed by atoms with Crippen molar-refractivity contribution in [3.8, 4) is 17.3 Å². The number of rotatable bonds is 0. The number of amides is 1. The van der Waals surface area contributed by atoms with E-state index in [-0.39, 0.29) is 12.0 Å². The summed E-state index contributed by atoms with van der Waals surface area (Å²) in [4.78, 5) is 17.4. The lowest BCUT2D eigenvalue weighted by atomic mass is 10.1. The van der Waals surface area contributed by atoms with Gasteiger partial charge in [0.1, 0.15) is 23.6 Å². The Labute approximate surface area is 164 Å². The van der Waals surface area contributed by atoms with Crippen LogP contribution in [-0.2, 0) is 6.54 Å². The summed E-state index contributed by atoms with van der Waals surface area (Å²) in [5, 5.41) is 11.0. The first-order valence-electron chi connectivity index (χ1n) is 8.73. The second-order valence-corrected chi connectivity index (χ2v) is 7.34. The highest BCUT2D eigenvalue weighted by Gasteiger charge is 2.18. The Morgan fingerprint density at radius 2 is 2.19 bits per heavy atom. The standard InChI is InChI=1S/C19H18BrN5O2/c1-12-4-3-9-25-11-21-24-18(25)15-5-2-6-17(22-15)23-19(26)14-10-13(20)7-8-16(14)27-12/h2,5-8,10-12H,3-4,9H2,1H3,(H,22,23,26)/t12-/m0/s1. The number of aryl methyl sites for hydroxylation is 1. The minimum atomic E-state index is -0.276. The summed E-state index contributed by atoms with van der Waals surface area (Å²) >= 11 is 3.42. The third-order valence-electron chi connectivity index (χ3n) is 4.36. The van der Waals surface area contributed by atoms with Crippen molar-refractivity contribution in [3.63, 3.8) is 0 Å². The monoisotopic (exact) mass is 427 g/mol. The van der Waals surface area contributed by atoms with Crippen LogP contribution in [0.1, 0.15) is 30.1 Å². The van der Waals surface area contributed by atoms with Crippen molar-refractivity contribution in [2.45, 2.75) is 32.4 Å². The summed E-state index contributed by atoms with van der Waals surface area (Å²) in [6, 6.07) is 10.9. The lowest BCUT2D eigenvalue weighted by Crippen LogP contribution is -2.19. The number of hydrogen-bond donors (Lipinski definition) is 1. The van der Waals surface area contributed by atoms with Crippen molar-refractivity contribution in [1.82, 2.24) is 19.7 Å². The van der Waals surface area contributed by atoms with Gasteiger partial charge in [0, 0.05) is 11.0 Å². The Kier molecular flexibility index (Phi) is 4.89. The molecule has 1 aliphatic rings. The fourth-order valence-corrected chi connectivity index (χ4v) is 3.40. The van der Waals surface area contributed by atoms with E-state index < -0.39 is 0 Å². The van der Waals surface area contributed by atoms with Gasteiger partial charge in [-0.15, -0.1) is 10.2 Å². The Balaban J connectivity index is 1.76. The molecule has 0 saturated heterocycles. The zero-order valence-corrected chi connectivity index (χ0v) is 16.3. The van der Waals surface area contributed by atoms with Crippen LogP contribution >= 0.6 is 15.9 Å². The zero-order chi connectivity index (χ0) is 18.8. The highest BCUT2D eigenvalue weighted by Crippen LogP contribution is 2.27. The van der Waals surface area contributed by atoms with Gasteiger partial charge < -0.3 is 14.6 Å². The van der Waals surface area contributed by atoms with Gasteiger partial charge in [-0.05, 0) is 50.1 Å². The summed E-state index contributed by atoms with van der Waals surface area (Å²) in [6.45, 7) is 2.77. The van der Waals surface area contributed by atoms with Crippen LogP contribution in [0, 0.1) is 0 Å². The molecule has 0 fully saturated rings. The third-order valence-corrected chi connectivity index (χ3v) is 4.85. The van der Waals surface area contributed by atoms with E-state index in [1.54, 1.807) is 18.5 Å². The molecule has 1 aromatic carbocycles. The minimum absolute atomic E-state index is 0.0310. The normalized spacial score (nSPS) is 17.1. The molecule has 0 aliphatic carbocycles. The van der Waals surface area contributed by atoms with Gasteiger partial charge in [-0.25, -0.2) is 4.98 Å². The Morgan fingerprint density at radius 3 is 3.07 bits per heavy atom. The number of nitrogens with zero attached hydrogens (tertiary/aromatic N) is 4. The molecule has 3 heterocycles. The number of carbonyl (C=O) groups is 1. The summed E-state index contributed by atoms with van der Waals surface area (Å²) in [6.07, 6.45) is 3.40. The lowest BCUT2D eigenvalue weighted by molar-refractivity contribution is 0.101. The largest absolute Gasteiger partial charge is 0.490 e. The smallest absolute Gasteiger partial charge is 0.260 e. The molecular weight excluding hydrogens is 410 g/mol. The first-order chi connectivity index (χ1) is 13.1.